The molecule has 2 atom stereocenters. The second-order valence-corrected chi connectivity index (χ2v) is 9.46. The van der Waals surface area contributed by atoms with Crippen LogP contribution in [-0.4, -0.2) is 30.9 Å². The van der Waals surface area contributed by atoms with Crippen molar-refractivity contribution in [3.63, 3.8) is 0 Å². The smallest absolute Gasteiger partial charge is 0.338 e. The lowest BCUT2D eigenvalue weighted by molar-refractivity contribution is -0.151. The number of carbonyl (C=O) groups excluding carboxylic acids is 1. The third-order valence-corrected chi connectivity index (χ3v) is 5.97. The highest BCUT2D eigenvalue weighted by Gasteiger charge is 2.48. The zero-order valence-electron chi connectivity index (χ0n) is 20.9. The lowest BCUT2D eigenvalue weighted by Crippen LogP contribution is -2.52. The Balaban J connectivity index is 1.61. The lowest BCUT2D eigenvalue weighted by Gasteiger charge is -2.44. The van der Waals surface area contributed by atoms with Crippen LogP contribution in [0.25, 0.3) is 0 Å². The number of ether oxygens (including phenoxy) is 4. The van der Waals surface area contributed by atoms with Crippen LogP contribution in [0.2, 0.25) is 0 Å². The highest BCUT2D eigenvalue weighted by Crippen LogP contribution is 2.45. The molecule has 4 rings (SSSR count). The largest absolute Gasteiger partial charge is 0.497 e. The molecule has 35 heavy (non-hydrogen) atoms. The SMILES string of the molecule is COc1ccc(C(=O)OC2C(OC(C)C)c3cc(NCc4ccccc4)ccc3OC2(C)C)cc1. The fraction of sp³-hybridized carbons (Fsp3) is 0.345. The molecule has 0 amide bonds. The first-order chi connectivity index (χ1) is 16.8. The van der Waals surface area contributed by atoms with Gasteiger partial charge in [-0.3, -0.25) is 0 Å². The van der Waals surface area contributed by atoms with Crippen LogP contribution in [-0.2, 0) is 16.0 Å². The molecule has 184 valence electrons. The fourth-order valence-corrected chi connectivity index (χ4v) is 4.19. The highest BCUT2D eigenvalue weighted by atomic mass is 16.6. The molecular formula is C29H33NO5. The van der Waals surface area contributed by atoms with Crippen molar-refractivity contribution in [3.05, 3.63) is 89.5 Å². The van der Waals surface area contributed by atoms with Crippen molar-refractivity contribution in [2.24, 2.45) is 0 Å². The summed E-state index contributed by atoms with van der Waals surface area (Å²) >= 11 is 0. The van der Waals surface area contributed by atoms with E-state index in [9.17, 15) is 4.79 Å². The molecule has 6 heteroatoms. The Morgan fingerprint density at radius 2 is 1.74 bits per heavy atom. The van der Waals surface area contributed by atoms with E-state index in [1.807, 2.05) is 64.1 Å². The third-order valence-electron chi connectivity index (χ3n) is 5.97. The van der Waals surface area contributed by atoms with Gasteiger partial charge in [0, 0.05) is 17.8 Å². The molecule has 0 spiro atoms. The maximum atomic E-state index is 13.1. The maximum Gasteiger partial charge on any atom is 0.338 e. The molecule has 0 aliphatic carbocycles. The summed E-state index contributed by atoms with van der Waals surface area (Å²) in [5.74, 6) is 0.963. The second kappa shape index (κ2) is 10.4. The third kappa shape index (κ3) is 5.77. The Morgan fingerprint density at radius 1 is 1.03 bits per heavy atom. The van der Waals surface area contributed by atoms with Gasteiger partial charge >= 0.3 is 5.97 Å². The fourth-order valence-electron chi connectivity index (χ4n) is 4.19. The Morgan fingerprint density at radius 3 is 2.40 bits per heavy atom. The summed E-state index contributed by atoms with van der Waals surface area (Å²) < 4.78 is 23.9. The van der Waals surface area contributed by atoms with Crippen LogP contribution >= 0.6 is 0 Å². The summed E-state index contributed by atoms with van der Waals surface area (Å²) in [6.07, 6.45) is -1.23. The average molecular weight is 476 g/mol. The lowest BCUT2D eigenvalue weighted by atomic mass is 9.87. The van der Waals surface area contributed by atoms with E-state index in [2.05, 4.69) is 17.4 Å². The van der Waals surface area contributed by atoms with Crippen molar-refractivity contribution in [2.75, 3.05) is 12.4 Å². The van der Waals surface area contributed by atoms with Crippen molar-refractivity contribution in [1.82, 2.24) is 0 Å². The minimum Gasteiger partial charge on any atom is -0.497 e. The van der Waals surface area contributed by atoms with Gasteiger partial charge in [0.1, 0.15) is 23.2 Å². The number of anilines is 1. The van der Waals surface area contributed by atoms with Crippen LogP contribution < -0.4 is 14.8 Å². The van der Waals surface area contributed by atoms with Crippen LogP contribution in [0, 0.1) is 0 Å². The van der Waals surface area contributed by atoms with Crippen molar-refractivity contribution in [2.45, 2.75) is 58.2 Å². The molecule has 0 bridgehead atoms. The van der Waals surface area contributed by atoms with E-state index in [0.29, 0.717) is 17.9 Å². The topological polar surface area (TPSA) is 66.0 Å². The van der Waals surface area contributed by atoms with E-state index >= 15 is 0 Å². The number of benzene rings is 3. The molecule has 0 radical (unpaired) electrons. The summed E-state index contributed by atoms with van der Waals surface area (Å²) in [4.78, 5) is 13.1. The second-order valence-electron chi connectivity index (χ2n) is 9.46. The number of fused-ring (bicyclic) bond motifs is 1. The molecule has 1 aliphatic heterocycles. The highest BCUT2D eigenvalue weighted by molar-refractivity contribution is 5.89. The van der Waals surface area contributed by atoms with Crippen LogP contribution in [0.3, 0.4) is 0 Å². The van der Waals surface area contributed by atoms with E-state index in [1.165, 1.54) is 5.56 Å². The molecule has 0 aromatic heterocycles. The van der Waals surface area contributed by atoms with E-state index < -0.39 is 23.8 Å². The van der Waals surface area contributed by atoms with E-state index in [0.717, 1.165) is 17.0 Å². The standard InChI is InChI=1S/C29H33NO5/c1-19(2)33-26-24-17-22(30-18-20-9-7-6-8-10-20)13-16-25(24)35-29(3,4)27(26)34-28(31)21-11-14-23(32-5)15-12-21/h6-17,19,26-27,30H,18H2,1-5H3. The molecule has 3 aromatic carbocycles. The molecule has 1 heterocycles. The monoisotopic (exact) mass is 475 g/mol. The van der Waals surface area contributed by atoms with Crippen LogP contribution in [0.1, 0.15) is 55.3 Å². The van der Waals surface area contributed by atoms with Gasteiger partial charge in [-0.05, 0) is 75.7 Å². The molecule has 3 aromatic rings. The summed E-state index contributed by atoms with van der Waals surface area (Å²) in [7, 11) is 1.59. The first-order valence-electron chi connectivity index (χ1n) is 11.9. The molecule has 0 fully saturated rings. The van der Waals surface area contributed by atoms with Crippen LogP contribution in [0.15, 0.2) is 72.8 Å². The molecule has 0 saturated heterocycles. The van der Waals surface area contributed by atoms with Gasteiger partial charge < -0.3 is 24.3 Å². The number of rotatable bonds is 8. The minimum atomic E-state index is -0.798. The van der Waals surface area contributed by atoms with Gasteiger partial charge in [0.15, 0.2) is 6.10 Å². The van der Waals surface area contributed by atoms with E-state index in [-0.39, 0.29) is 6.10 Å². The van der Waals surface area contributed by atoms with Gasteiger partial charge in [0.25, 0.3) is 0 Å². The molecular weight excluding hydrogens is 442 g/mol. The van der Waals surface area contributed by atoms with E-state index in [4.69, 9.17) is 18.9 Å². The molecule has 6 nitrogen and oxygen atoms in total. The number of hydrogen-bond acceptors (Lipinski definition) is 6. The zero-order chi connectivity index (χ0) is 25.0. The number of hydrogen-bond donors (Lipinski definition) is 1. The van der Waals surface area contributed by atoms with Crippen LogP contribution in [0.5, 0.6) is 11.5 Å². The van der Waals surface area contributed by atoms with Crippen molar-refractivity contribution < 1.29 is 23.7 Å². The van der Waals surface area contributed by atoms with Crippen molar-refractivity contribution in [3.8, 4) is 11.5 Å². The van der Waals surface area contributed by atoms with Gasteiger partial charge in [0.05, 0.1) is 18.8 Å². The first-order valence-corrected chi connectivity index (χ1v) is 11.9. The average Bonchev–Trinajstić information content (AvgIpc) is 2.85. The predicted octanol–water partition coefficient (Wildman–Crippen LogP) is 6.17. The number of methoxy groups -OCH3 is 1. The molecule has 0 saturated carbocycles. The normalized spacial score (nSPS) is 18.3. The van der Waals surface area contributed by atoms with Gasteiger partial charge in [-0.25, -0.2) is 4.79 Å². The summed E-state index contributed by atoms with van der Waals surface area (Å²) in [5.41, 5.74) is 2.61. The Hall–Kier alpha value is -3.51. The van der Waals surface area contributed by atoms with Gasteiger partial charge in [0.2, 0.25) is 0 Å². The quantitative estimate of drug-likeness (QED) is 0.393. The Kier molecular flexibility index (Phi) is 7.31. The first kappa shape index (κ1) is 24.6. The van der Waals surface area contributed by atoms with Crippen LogP contribution in [0.4, 0.5) is 5.69 Å². The Bertz CT molecular complexity index is 1140. The number of nitrogens with one attached hydrogen (secondary N) is 1. The summed E-state index contributed by atoms with van der Waals surface area (Å²) in [5, 5.41) is 3.47. The minimum absolute atomic E-state index is 0.0788. The number of esters is 1. The van der Waals surface area contributed by atoms with Crippen molar-refractivity contribution in [1.29, 1.82) is 0 Å². The van der Waals surface area contributed by atoms with Gasteiger partial charge in [-0.1, -0.05) is 30.3 Å². The number of carbonyl (C=O) groups is 1. The predicted molar refractivity (Wildman–Crippen MR) is 136 cm³/mol. The molecule has 2 unspecified atom stereocenters. The maximum absolute atomic E-state index is 13.1. The Labute approximate surface area is 207 Å². The van der Waals surface area contributed by atoms with Gasteiger partial charge in [-0.2, -0.15) is 0 Å². The molecule has 1 N–H and O–H groups in total. The van der Waals surface area contributed by atoms with Gasteiger partial charge in [-0.15, -0.1) is 0 Å². The zero-order valence-corrected chi connectivity index (χ0v) is 20.9. The van der Waals surface area contributed by atoms with Crippen molar-refractivity contribution >= 4 is 11.7 Å². The molecule has 1 aliphatic rings. The van der Waals surface area contributed by atoms with E-state index in [1.54, 1.807) is 31.4 Å². The summed E-state index contributed by atoms with van der Waals surface area (Å²) in [6, 6.07) is 23.0. The summed E-state index contributed by atoms with van der Waals surface area (Å²) in [6.45, 7) is 8.47.